The number of hydrogen-bond donors (Lipinski definition) is 0. The Morgan fingerprint density at radius 2 is 2.36 bits per heavy atom. The number of aliphatic imine (C=N–C) groups is 1. The van der Waals surface area contributed by atoms with Crippen LogP contribution in [-0.2, 0) is 0 Å². The van der Waals surface area contributed by atoms with Crippen LogP contribution in [0.25, 0.3) is 0 Å². The van der Waals surface area contributed by atoms with Gasteiger partial charge in [-0.1, -0.05) is 18.2 Å². The minimum absolute atomic E-state index is 0.790. The first-order valence-corrected chi connectivity index (χ1v) is 5.07. The molecule has 62 valence electrons. The zero-order valence-electron chi connectivity index (χ0n) is 7.08. The van der Waals surface area contributed by atoms with E-state index < -0.39 is 0 Å². The van der Waals surface area contributed by atoms with Crippen molar-refractivity contribution >= 4 is 16.9 Å². The largest absolute Gasteiger partial charge is 0.350 e. The summed E-state index contributed by atoms with van der Waals surface area (Å²) in [4.78, 5) is 6.61. The Hall–Kier alpha value is -0.180. The first-order valence-electron chi connectivity index (χ1n) is 4.19. The predicted molar refractivity (Wildman–Crippen MR) is 50.1 cm³/mol. The highest BCUT2D eigenvalue weighted by Gasteiger charge is 2.39. The van der Waals surface area contributed by atoms with Gasteiger partial charge in [-0.2, -0.15) is 0 Å². The average molecular weight is 170 g/mol. The maximum Gasteiger partial charge on any atom is 0.159 e. The lowest BCUT2D eigenvalue weighted by Crippen LogP contribution is -2.30. The van der Waals surface area contributed by atoms with E-state index >= 15 is 0 Å². The van der Waals surface area contributed by atoms with Crippen LogP contribution >= 0.6 is 11.8 Å². The Labute approximate surface area is 72.1 Å². The molecule has 1 saturated heterocycles. The first-order chi connectivity index (χ1) is 5.33. The van der Waals surface area contributed by atoms with E-state index in [1.165, 1.54) is 24.4 Å². The highest BCUT2D eigenvalue weighted by molar-refractivity contribution is 8.14. The summed E-state index contributed by atoms with van der Waals surface area (Å²) >= 11 is 1.97. The fraction of sp³-hybridized carbons (Fsp3) is 0.875. The second-order valence-electron chi connectivity index (χ2n) is 3.27. The molecule has 0 aromatic heterocycles. The van der Waals surface area contributed by atoms with E-state index in [4.69, 9.17) is 0 Å². The van der Waals surface area contributed by atoms with Gasteiger partial charge in [0, 0.05) is 25.4 Å². The number of amidine groups is 1. The van der Waals surface area contributed by atoms with Crippen LogP contribution in [0.3, 0.4) is 0 Å². The van der Waals surface area contributed by atoms with Crippen molar-refractivity contribution in [3.05, 3.63) is 0 Å². The molecule has 0 spiro atoms. The van der Waals surface area contributed by atoms with E-state index in [-0.39, 0.29) is 0 Å². The molecule has 1 aliphatic carbocycles. The van der Waals surface area contributed by atoms with E-state index in [9.17, 15) is 0 Å². The molecule has 2 fully saturated rings. The molecule has 2 rings (SSSR count). The Kier molecular flexibility index (Phi) is 1.83. The molecule has 3 heteroatoms. The maximum absolute atomic E-state index is 4.26. The normalized spacial score (nSPS) is 40.2. The molecule has 2 atom stereocenters. The van der Waals surface area contributed by atoms with Crippen molar-refractivity contribution in [2.24, 2.45) is 4.99 Å². The molecule has 0 amide bonds. The summed E-state index contributed by atoms with van der Waals surface area (Å²) in [5.74, 6) is 0. The van der Waals surface area contributed by atoms with Crippen molar-refractivity contribution in [3.8, 4) is 0 Å². The van der Waals surface area contributed by atoms with Gasteiger partial charge in [-0.3, -0.25) is 4.99 Å². The lowest BCUT2D eigenvalue weighted by Gasteiger charge is -2.18. The van der Waals surface area contributed by atoms with Gasteiger partial charge in [0.15, 0.2) is 5.17 Å². The van der Waals surface area contributed by atoms with Crippen LogP contribution in [0.1, 0.15) is 19.3 Å². The van der Waals surface area contributed by atoms with Crippen LogP contribution < -0.4 is 0 Å². The third kappa shape index (κ3) is 1.06. The number of hydrogen-bond acceptors (Lipinski definition) is 2. The van der Waals surface area contributed by atoms with Gasteiger partial charge in [0.2, 0.25) is 0 Å². The molecule has 1 aliphatic heterocycles. The fourth-order valence-corrected chi connectivity index (χ4v) is 3.50. The van der Waals surface area contributed by atoms with E-state index in [0.29, 0.717) is 0 Å². The molecule has 1 heterocycles. The molecular formula is C8H14N2S. The smallest absolute Gasteiger partial charge is 0.159 e. The average Bonchev–Trinajstić information content (AvgIpc) is 2.53. The Bertz CT molecular complexity index is 191. The number of rotatable bonds is 0. The highest BCUT2D eigenvalue weighted by atomic mass is 32.2. The van der Waals surface area contributed by atoms with Gasteiger partial charge in [-0.05, 0) is 12.8 Å². The fourth-order valence-electron chi connectivity index (χ4n) is 2.06. The molecule has 0 bridgehead atoms. The molecule has 0 aromatic carbocycles. The van der Waals surface area contributed by atoms with Crippen molar-refractivity contribution in [3.63, 3.8) is 0 Å². The number of thioether (sulfide) groups is 1. The van der Waals surface area contributed by atoms with Crippen LogP contribution in [-0.4, -0.2) is 35.5 Å². The minimum atomic E-state index is 0.790. The van der Waals surface area contributed by atoms with E-state index in [0.717, 1.165) is 11.3 Å². The Morgan fingerprint density at radius 1 is 1.55 bits per heavy atom. The van der Waals surface area contributed by atoms with Crippen molar-refractivity contribution in [1.82, 2.24) is 4.90 Å². The van der Waals surface area contributed by atoms with Gasteiger partial charge < -0.3 is 4.90 Å². The van der Waals surface area contributed by atoms with Gasteiger partial charge in [0.05, 0.1) is 0 Å². The second kappa shape index (κ2) is 2.70. The standard InChI is InChI=1S/C8H14N2S/c1-9-8-10(2)6-4-3-5-7(6)11-8/h6-7H,3-5H2,1-2H3. The molecule has 0 radical (unpaired) electrons. The van der Waals surface area contributed by atoms with E-state index in [2.05, 4.69) is 16.9 Å². The third-order valence-corrected chi connectivity index (χ3v) is 4.20. The predicted octanol–water partition coefficient (Wildman–Crippen LogP) is 1.57. The topological polar surface area (TPSA) is 15.6 Å². The van der Waals surface area contributed by atoms with Gasteiger partial charge >= 0.3 is 0 Å². The second-order valence-corrected chi connectivity index (χ2v) is 4.48. The molecule has 2 aliphatic rings. The third-order valence-electron chi connectivity index (χ3n) is 2.66. The minimum Gasteiger partial charge on any atom is -0.350 e. The summed E-state index contributed by atoms with van der Waals surface area (Å²) < 4.78 is 0. The van der Waals surface area contributed by atoms with Crippen molar-refractivity contribution in [1.29, 1.82) is 0 Å². The summed E-state index contributed by atoms with van der Waals surface area (Å²) in [5.41, 5.74) is 0. The zero-order chi connectivity index (χ0) is 7.84. The van der Waals surface area contributed by atoms with Gasteiger partial charge in [0.25, 0.3) is 0 Å². The molecule has 0 N–H and O–H groups in total. The first kappa shape index (κ1) is 7.47. The van der Waals surface area contributed by atoms with Crippen molar-refractivity contribution in [2.45, 2.75) is 30.6 Å². The van der Waals surface area contributed by atoms with Crippen LogP contribution in [0.2, 0.25) is 0 Å². The molecule has 1 saturated carbocycles. The molecule has 2 unspecified atom stereocenters. The van der Waals surface area contributed by atoms with Crippen LogP contribution in [0.15, 0.2) is 4.99 Å². The number of fused-ring (bicyclic) bond motifs is 1. The summed E-state index contributed by atoms with van der Waals surface area (Å²) in [6.07, 6.45) is 4.16. The SMILES string of the molecule is CN=C1SC2CCCC2N1C. The summed E-state index contributed by atoms with van der Waals surface area (Å²) in [6, 6.07) is 0.790. The zero-order valence-corrected chi connectivity index (χ0v) is 7.90. The van der Waals surface area contributed by atoms with Gasteiger partial charge in [-0.25, -0.2) is 0 Å². The molecular weight excluding hydrogens is 156 g/mol. The monoisotopic (exact) mass is 170 g/mol. The Morgan fingerprint density at radius 3 is 3.00 bits per heavy atom. The van der Waals surface area contributed by atoms with Crippen LogP contribution in [0.5, 0.6) is 0 Å². The quantitative estimate of drug-likeness (QED) is 0.548. The van der Waals surface area contributed by atoms with Crippen LogP contribution in [0, 0.1) is 0 Å². The lowest BCUT2D eigenvalue weighted by molar-refractivity contribution is 0.397. The van der Waals surface area contributed by atoms with Gasteiger partial charge in [-0.15, -0.1) is 0 Å². The highest BCUT2D eigenvalue weighted by Crippen LogP contribution is 2.40. The molecule has 11 heavy (non-hydrogen) atoms. The Balaban J connectivity index is 2.16. The maximum atomic E-state index is 4.26. The van der Waals surface area contributed by atoms with Crippen LogP contribution in [0.4, 0.5) is 0 Å². The van der Waals surface area contributed by atoms with Crippen molar-refractivity contribution in [2.75, 3.05) is 14.1 Å². The molecule has 0 aromatic rings. The summed E-state index contributed by atoms with van der Waals surface area (Å²) in [7, 11) is 4.06. The van der Waals surface area contributed by atoms with E-state index in [1.54, 1.807) is 0 Å². The van der Waals surface area contributed by atoms with Gasteiger partial charge in [0.1, 0.15) is 0 Å². The lowest BCUT2D eigenvalue weighted by atomic mass is 10.2. The molecule has 2 nitrogen and oxygen atoms in total. The van der Waals surface area contributed by atoms with Crippen molar-refractivity contribution < 1.29 is 0 Å². The summed E-state index contributed by atoms with van der Waals surface area (Å²) in [6.45, 7) is 0. The number of nitrogens with zero attached hydrogens (tertiary/aromatic N) is 2. The summed E-state index contributed by atoms with van der Waals surface area (Å²) in [5, 5.41) is 2.08. The van der Waals surface area contributed by atoms with E-state index in [1.807, 2.05) is 18.8 Å².